The van der Waals surface area contributed by atoms with Gasteiger partial charge in [-0.2, -0.15) is 0 Å². The summed E-state index contributed by atoms with van der Waals surface area (Å²) < 4.78 is 4.76. The van der Waals surface area contributed by atoms with E-state index in [9.17, 15) is 0 Å². The van der Waals surface area contributed by atoms with Crippen LogP contribution >= 0.6 is 23.8 Å². The molecule has 1 N–H and O–H groups in total. The molecule has 1 aliphatic heterocycles. The van der Waals surface area contributed by atoms with Gasteiger partial charge in [0.25, 0.3) is 0 Å². The quantitative estimate of drug-likeness (QED) is 0.261. The minimum Gasteiger partial charge on any atom is -0.371 e. The Morgan fingerprint density at radius 2 is 1.81 bits per heavy atom. The van der Waals surface area contributed by atoms with Gasteiger partial charge in [0.1, 0.15) is 10.6 Å². The number of nitrogens with one attached hydrogen (secondary N) is 1. The van der Waals surface area contributed by atoms with Crippen LogP contribution in [0.25, 0.3) is 28.0 Å². The van der Waals surface area contributed by atoms with Gasteiger partial charge in [-0.05, 0) is 49.4 Å². The number of rotatable bonds is 5. The normalized spacial score (nSPS) is 13.2. The fourth-order valence-electron chi connectivity index (χ4n) is 4.74. The Balaban J connectivity index is 1.81. The minimum atomic E-state index is 0.638. The molecule has 0 bridgehead atoms. The van der Waals surface area contributed by atoms with Crippen LogP contribution in [0, 0.1) is 6.92 Å². The average molecular weight is 460 g/mol. The van der Waals surface area contributed by atoms with Crippen molar-refractivity contribution in [2.75, 3.05) is 6.54 Å². The lowest BCUT2D eigenvalue weighted by molar-refractivity contribution is 0.647. The van der Waals surface area contributed by atoms with Crippen LogP contribution < -0.4 is 5.32 Å². The number of thiocarbonyl (C=S) groups is 1. The molecule has 1 aliphatic rings. The first-order valence-corrected chi connectivity index (χ1v) is 11.9. The van der Waals surface area contributed by atoms with Crippen LogP contribution in [0.15, 0.2) is 67.4 Å². The Bertz CT molecular complexity index is 1310. The monoisotopic (exact) mass is 459 g/mol. The van der Waals surface area contributed by atoms with Gasteiger partial charge in [-0.25, -0.2) is 0 Å². The molecule has 3 heterocycles. The third-order valence-electron chi connectivity index (χ3n) is 6.24. The van der Waals surface area contributed by atoms with Crippen molar-refractivity contribution in [1.29, 1.82) is 0 Å². The van der Waals surface area contributed by atoms with Crippen molar-refractivity contribution >= 4 is 34.5 Å². The molecular weight excluding hydrogens is 434 g/mol. The summed E-state index contributed by atoms with van der Waals surface area (Å²) in [6.45, 7) is 7.60. The Morgan fingerprint density at radius 1 is 1.09 bits per heavy atom. The Morgan fingerprint density at radius 3 is 2.53 bits per heavy atom. The molecule has 0 radical (unpaired) electrons. The Kier molecular flexibility index (Phi) is 5.66. The van der Waals surface area contributed by atoms with E-state index in [2.05, 4.69) is 70.4 Å². The molecule has 0 saturated heterocycles. The zero-order chi connectivity index (χ0) is 22.2. The molecule has 0 atom stereocenters. The number of aromatic nitrogens is 2. The SMILES string of the molecule is C=CCNC(=S)c1c(-c2ccc(C)cc2)c2c3n(c(-c4ccc(Cl)cc4)cn13)CCCC2. The number of nitrogens with zero attached hydrogens (tertiary/aromatic N) is 2. The highest BCUT2D eigenvalue weighted by Gasteiger charge is 2.28. The lowest BCUT2D eigenvalue weighted by Crippen LogP contribution is -2.24. The number of imidazole rings is 1. The van der Waals surface area contributed by atoms with Gasteiger partial charge in [0.2, 0.25) is 0 Å². The summed E-state index contributed by atoms with van der Waals surface area (Å²) in [7, 11) is 0. The second kappa shape index (κ2) is 8.61. The van der Waals surface area contributed by atoms with Gasteiger partial charge in [0.05, 0.1) is 11.4 Å². The van der Waals surface area contributed by atoms with Gasteiger partial charge in [-0.15, -0.1) is 6.58 Å². The fraction of sp³-hybridized carbons (Fsp3) is 0.222. The third kappa shape index (κ3) is 3.58. The van der Waals surface area contributed by atoms with Gasteiger partial charge < -0.3 is 9.88 Å². The lowest BCUT2D eigenvalue weighted by Gasteiger charge is -2.11. The summed E-state index contributed by atoms with van der Waals surface area (Å²) in [5.41, 5.74) is 9.78. The molecule has 2 aromatic heterocycles. The van der Waals surface area contributed by atoms with Crippen molar-refractivity contribution in [3.05, 3.63) is 89.2 Å². The molecule has 0 aliphatic carbocycles. The zero-order valence-electron chi connectivity index (χ0n) is 18.2. The standard InChI is InChI=1S/C27H26ClN3S/c1-3-15-29-26(32)25-24(20-9-7-18(2)8-10-20)22-6-4-5-16-30-23(17-31(25)27(22)30)19-11-13-21(28)14-12-19/h3,7-14,17H,1,4-6,15-16H2,2H3,(H,29,32). The van der Waals surface area contributed by atoms with Crippen molar-refractivity contribution in [3.8, 4) is 22.4 Å². The molecule has 0 amide bonds. The van der Waals surface area contributed by atoms with Crippen LogP contribution in [0.1, 0.15) is 29.7 Å². The van der Waals surface area contributed by atoms with Gasteiger partial charge in [0.15, 0.2) is 0 Å². The van der Waals surface area contributed by atoms with Crippen LogP contribution in [-0.4, -0.2) is 20.5 Å². The maximum absolute atomic E-state index is 6.16. The van der Waals surface area contributed by atoms with Gasteiger partial charge in [0, 0.05) is 35.4 Å². The summed E-state index contributed by atoms with van der Waals surface area (Å²) in [5, 5.41) is 4.13. The molecule has 5 heteroatoms. The highest BCUT2D eigenvalue weighted by Crippen LogP contribution is 2.39. The van der Waals surface area contributed by atoms with E-state index < -0.39 is 0 Å². The maximum atomic E-state index is 6.16. The highest BCUT2D eigenvalue weighted by molar-refractivity contribution is 7.80. The maximum Gasteiger partial charge on any atom is 0.124 e. The second-order valence-electron chi connectivity index (χ2n) is 8.39. The van der Waals surface area contributed by atoms with E-state index in [0.29, 0.717) is 6.54 Å². The molecule has 0 saturated carbocycles. The second-order valence-corrected chi connectivity index (χ2v) is 9.24. The van der Waals surface area contributed by atoms with E-state index in [1.807, 2.05) is 18.2 Å². The number of benzene rings is 2. The predicted octanol–water partition coefficient (Wildman–Crippen LogP) is 6.82. The molecule has 0 unspecified atom stereocenters. The summed E-state index contributed by atoms with van der Waals surface area (Å²) in [6.07, 6.45) is 7.44. The first-order chi connectivity index (χ1) is 15.6. The van der Waals surface area contributed by atoms with Crippen LogP contribution in [0.5, 0.6) is 0 Å². The van der Waals surface area contributed by atoms with E-state index in [1.54, 1.807) is 0 Å². The van der Waals surface area contributed by atoms with Crippen molar-refractivity contribution in [1.82, 2.24) is 14.3 Å². The summed E-state index contributed by atoms with van der Waals surface area (Å²) in [5.74, 6) is 0. The summed E-state index contributed by atoms with van der Waals surface area (Å²) >= 11 is 12.1. The first-order valence-electron chi connectivity index (χ1n) is 11.1. The van der Waals surface area contributed by atoms with E-state index in [4.69, 9.17) is 23.8 Å². The molecule has 4 aromatic rings. The van der Waals surface area contributed by atoms with Crippen LogP contribution in [-0.2, 0) is 13.0 Å². The van der Waals surface area contributed by atoms with E-state index in [0.717, 1.165) is 41.5 Å². The molecule has 0 spiro atoms. The van der Waals surface area contributed by atoms with Crippen LogP contribution in [0.2, 0.25) is 5.02 Å². The molecule has 3 nitrogen and oxygen atoms in total. The lowest BCUT2D eigenvalue weighted by atomic mass is 9.97. The topological polar surface area (TPSA) is 21.4 Å². The largest absolute Gasteiger partial charge is 0.371 e. The van der Waals surface area contributed by atoms with Crippen molar-refractivity contribution < 1.29 is 0 Å². The average Bonchev–Trinajstić information content (AvgIpc) is 3.21. The molecule has 162 valence electrons. The third-order valence-corrected chi connectivity index (χ3v) is 6.83. The number of hydrogen-bond acceptors (Lipinski definition) is 1. The first kappa shape index (κ1) is 21.0. The molecule has 5 rings (SSSR count). The fourth-order valence-corrected chi connectivity index (χ4v) is 5.15. The van der Waals surface area contributed by atoms with Crippen molar-refractivity contribution in [2.24, 2.45) is 0 Å². The van der Waals surface area contributed by atoms with Crippen molar-refractivity contribution in [3.63, 3.8) is 0 Å². The summed E-state index contributed by atoms with van der Waals surface area (Å²) in [6, 6.07) is 16.9. The summed E-state index contributed by atoms with van der Waals surface area (Å²) in [4.78, 5) is 0.752. The van der Waals surface area contributed by atoms with Gasteiger partial charge >= 0.3 is 0 Å². The van der Waals surface area contributed by atoms with E-state index in [1.165, 1.54) is 39.2 Å². The Labute approximate surface area is 199 Å². The Hall–Kier alpha value is -2.82. The van der Waals surface area contributed by atoms with Crippen LogP contribution in [0.3, 0.4) is 0 Å². The number of aryl methyl sites for hydroxylation is 3. The number of hydrogen-bond donors (Lipinski definition) is 1. The predicted molar refractivity (Wildman–Crippen MR) is 139 cm³/mol. The highest BCUT2D eigenvalue weighted by atomic mass is 35.5. The molecule has 0 fully saturated rings. The van der Waals surface area contributed by atoms with E-state index >= 15 is 0 Å². The smallest absolute Gasteiger partial charge is 0.124 e. The molecular formula is C27H26ClN3S. The van der Waals surface area contributed by atoms with Gasteiger partial charge in [-0.3, -0.25) is 4.40 Å². The zero-order valence-corrected chi connectivity index (χ0v) is 19.8. The molecule has 32 heavy (non-hydrogen) atoms. The number of halogens is 1. The minimum absolute atomic E-state index is 0.638. The van der Waals surface area contributed by atoms with Crippen LogP contribution in [0.4, 0.5) is 0 Å². The molecule has 2 aromatic carbocycles. The van der Waals surface area contributed by atoms with Crippen molar-refractivity contribution in [2.45, 2.75) is 32.7 Å². The van der Waals surface area contributed by atoms with Gasteiger partial charge in [-0.1, -0.05) is 71.9 Å². The van der Waals surface area contributed by atoms with E-state index in [-0.39, 0.29) is 0 Å².